The van der Waals surface area contributed by atoms with E-state index in [4.69, 9.17) is 4.74 Å². The first kappa shape index (κ1) is 14.7. The van der Waals surface area contributed by atoms with Crippen LogP contribution in [0.1, 0.15) is 23.6 Å². The Morgan fingerprint density at radius 2 is 1.95 bits per heavy atom. The molecule has 1 atom stereocenters. The van der Waals surface area contributed by atoms with Crippen LogP contribution in [0, 0.1) is 6.92 Å². The molecule has 0 radical (unpaired) electrons. The van der Waals surface area contributed by atoms with Gasteiger partial charge in [0.25, 0.3) is 0 Å². The third-order valence-electron chi connectivity index (χ3n) is 3.46. The molecule has 0 amide bonds. The van der Waals surface area contributed by atoms with Crippen LogP contribution in [0.3, 0.4) is 0 Å². The summed E-state index contributed by atoms with van der Waals surface area (Å²) < 4.78 is 5.40. The van der Waals surface area contributed by atoms with Gasteiger partial charge in [0, 0.05) is 26.0 Å². The number of aromatic nitrogens is 1. The molecule has 0 saturated carbocycles. The van der Waals surface area contributed by atoms with Crippen LogP contribution in [-0.2, 0) is 16.8 Å². The summed E-state index contributed by atoms with van der Waals surface area (Å²) in [5.74, 6) is 0. The van der Waals surface area contributed by atoms with Crippen molar-refractivity contribution >= 4 is 0 Å². The third kappa shape index (κ3) is 3.65. The minimum absolute atomic E-state index is 0.209. The Balaban J connectivity index is 2.13. The van der Waals surface area contributed by atoms with Crippen LogP contribution >= 0.6 is 0 Å². The molecule has 0 bridgehead atoms. The summed E-state index contributed by atoms with van der Waals surface area (Å²) in [5.41, 5.74) is 3.38. The largest absolute Gasteiger partial charge is 0.382 e. The van der Waals surface area contributed by atoms with Crippen molar-refractivity contribution < 1.29 is 4.74 Å². The molecule has 0 saturated heterocycles. The van der Waals surface area contributed by atoms with E-state index in [1.165, 1.54) is 16.7 Å². The number of nitrogens with zero attached hydrogens (tertiary/aromatic N) is 1. The van der Waals surface area contributed by atoms with Crippen molar-refractivity contribution in [2.75, 3.05) is 13.7 Å². The molecule has 3 nitrogen and oxygen atoms in total. The molecule has 1 aromatic carbocycles. The maximum atomic E-state index is 5.40. The Hall–Kier alpha value is -1.71. The predicted octanol–water partition coefficient (Wildman–Crippen LogP) is 3.04. The molecule has 1 aromatic heterocycles. The van der Waals surface area contributed by atoms with E-state index in [1.807, 2.05) is 18.5 Å². The lowest BCUT2D eigenvalue weighted by Gasteiger charge is -2.31. The molecule has 0 aliphatic rings. The van der Waals surface area contributed by atoms with Crippen LogP contribution in [-0.4, -0.2) is 18.7 Å². The molecule has 1 heterocycles. The predicted molar refractivity (Wildman–Crippen MR) is 81.5 cm³/mol. The van der Waals surface area contributed by atoms with E-state index in [0.29, 0.717) is 6.61 Å². The number of nitrogens with one attached hydrogen (secondary N) is 1. The Kier molecular flexibility index (Phi) is 4.88. The minimum Gasteiger partial charge on any atom is -0.382 e. The quantitative estimate of drug-likeness (QED) is 0.876. The lowest BCUT2D eigenvalue weighted by molar-refractivity contribution is 0.117. The smallest absolute Gasteiger partial charge is 0.0683 e. The fourth-order valence-electron chi connectivity index (χ4n) is 2.34. The lowest BCUT2D eigenvalue weighted by Crippen LogP contribution is -2.43. The molecular formula is C17H22N2O. The summed E-state index contributed by atoms with van der Waals surface area (Å²) in [6, 6.07) is 12.5. The number of ether oxygens (including phenoxy) is 1. The SMILES string of the molecule is COCC(C)(NCc1cncc(C)c1)c1ccccc1. The molecule has 20 heavy (non-hydrogen) atoms. The molecule has 3 heteroatoms. The number of aryl methyl sites for hydroxylation is 1. The van der Waals surface area contributed by atoms with Gasteiger partial charge in [0.2, 0.25) is 0 Å². The number of hydrogen-bond donors (Lipinski definition) is 1. The van der Waals surface area contributed by atoms with E-state index in [2.05, 4.69) is 54.5 Å². The van der Waals surface area contributed by atoms with Crippen LogP contribution in [0.2, 0.25) is 0 Å². The van der Waals surface area contributed by atoms with Gasteiger partial charge in [-0.3, -0.25) is 4.98 Å². The Labute approximate surface area is 121 Å². The maximum absolute atomic E-state index is 5.40. The first-order chi connectivity index (χ1) is 9.64. The second-order valence-electron chi connectivity index (χ2n) is 5.36. The van der Waals surface area contributed by atoms with Crippen LogP contribution in [0.5, 0.6) is 0 Å². The Morgan fingerprint density at radius 1 is 1.20 bits per heavy atom. The van der Waals surface area contributed by atoms with Crippen molar-refractivity contribution in [1.82, 2.24) is 10.3 Å². The van der Waals surface area contributed by atoms with Gasteiger partial charge >= 0.3 is 0 Å². The molecule has 0 aliphatic carbocycles. The van der Waals surface area contributed by atoms with Crippen molar-refractivity contribution in [2.45, 2.75) is 25.9 Å². The monoisotopic (exact) mass is 270 g/mol. The van der Waals surface area contributed by atoms with Gasteiger partial charge in [0.05, 0.1) is 12.1 Å². The van der Waals surface area contributed by atoms with Crippen molar-refractivity contribution in [2.24, 2.45) is 0 Å². The molecule has 0 fully saturated rings. The van der Waals surface area contributed by atoms with Crippen LogP contribution < -0.4 is 5.32 Å². The van der Waals surface area contributed by atoms with E-state index in [1.54, 1.807) is 7.11 Å². The van der Waals surface area contributed by atoms with Crippen LogP contribution in [0.15, 0.2) is 48.8 Å². The highest BCUT2D eigenvalue weighted by Gasteiger charge is 2.25. The summed E-state index contributed by atoms with van der Waals surface area (Å²) in [6.45, 7) is 5.61. The van der Waals surface area contributed by atoms with Crippen molar-refractivity contribution in [3.63, 3.8) is 0 Å². The van der Waals surface area contributed by atoms with E-state index in [9.17, 15) is 0 Å². The second kappa shape index (κ2) is 6.64. The van der Waals surface area contributed by atoms with Gasteiger partial charge in [0.15, 0.2) is 0 Å². The molecule has 0 spiro atoms. The normalized spacial score (nSPS) is 13.9. The molecule has 106 valence electrons. The third-order valence-corrected chi connectivity index (χ3v) is 3.46. The molecular weight excluding hydrogens is 248 g/mol. The van der Waals surface area contributed by atoms with Gasteiger partial charge in [-0.2, -0.15) is 0 Å². The molecule has 1 unspecified atom stereocenters. The van der Waals surface area contributed by atoms with Gasteiger partial charge in [-0.1, -0.05) is 36.4 Å². The van der Waals surface area contributed by atoms with Crippen molar-refractivity contribution in [3.8, 4) is 0 Å². The fraction of sp³-hybridized carbons (Fsp3) is 0.353. The summed E-state index contributed by atoms with van der Waals surface area (Å²) in [7, 11) is 1.73. The van der Waals surface area contributed by atoms with E-state index in [-0.39, 0.29) is 5.54 Å². The number of pyridine rings is 1. The average molecular weight is 270 g/mol. The van der Waals surface area contributed by atoms with Crippen molar-refractivity contribution in [3.05, 3.63) is 65.5 Å². The van der Waals surface area contributed by atoms with Crippen molar-refractivity contribution in [1.29, 1.82) is 0 Å². The Bertz CT molecular complexity index is 542. The first-order valence-corrected chi connectivity index (χ1v) is 6.84. The minimum atomic E-state index is -0.209. The molecule has 0 aliphatic heterocycles. The second-order valence-corrected chi connectivity index (χ2v) is 5.36. The Morgan fingerprint density at radius 3 is 2.60 bits per heavy atom. The zero-order valence-corrected chi connectivity index (χ0v) is 12.4. The number of rotatable bonds is 6. The topological polar surface area (TPSA) is 34.1 Å². The first-order valence-electron chi connectivity index (χ1n) is 6.84. The van der Waals surface area contributed by atoms with E-state index in [0.717, 1.165) is 6.54 Å². The fourth-order valence-corrected chi connectivity index (χ4v) is 2.34. The highest BCUT2D eigenvalue weighted by molar-refractivity contribution is 5.24. The summed E-state index contributed by atoms with van der Waals surface area (Å²) >= 11 is 0. The zero-order chi connectivity index (χ0) is 14.4. The van der Waals surface area contributed by atoms with Gasteiger partial charge in [-0.15, -0.1) is 0 Å². The summed E-state index contributed by atoms with van der Waals surface area (Å²) in [5, 5.41) is 3.59. The number of hydrogen-bond acceptors (Lipinski definition) is 3. The molecule has 2 aromatic rings. The van der Waals surface area contributed by atoms with Gasteiger partial charge in [0.1, 0.15) is 0 Å². The number of benzene rings is 1. The van der Waals surface area contributed by atoms with E-state index >= 15 is 0 Å². The van der Waals surface area contributed by atoms with Gasteiger partial charge < -0.3 is 10.1 Å². The summed E-state index contributed by atoms with van der Waals surface area (Å²) in [6.07, 6.45) is 3.77. The average Bonchev–Trinajstić information content (AvgIpc) is 2.47. The summed E-state index contributed by atoms with van der Waals surface area (Å²) in [4.78, 5) is 4.23. The highest BCUT2D eigenvalue weighted by atomic mass is 16.5. The standard InChI is InChI=1S/C17H22N2O/c1-14-9-15(11-18-10-14)12-19-17(2,13-20-3)16-7-5-4-6-8-16/h4-11,19H,12-13H2,1-3H3. The highest BCUT2D eigenvalue weighted by Crippen LogP contribution is 2.21. The van der Waals surface area contributed by atoms with E-state index < -0.39 is 0 Å². The number of methoxy groups -OCH3 is 1. The van der Waals surface area contributed by atoms with Crippen LogP contribution in [0.25, 0.3) is 0 Å². The van der Waals surface area contributed by atoms with Gasteiger partial charge in [-0.25, -0.2) is 0 Å². The maximum Gasteiger partial charge on any atom is 0.0683 e. The van der Waals surface area contributed by atoms with Gasteiger partial charge in [-0.05, 0) is 30.5 Å². The molecule has 1 N–H and O–H groups in total. The van der Waals surface area contributed by atoms with Crippen LogP contribution in [0.4, 0.5) is 0 Å². The zero-order valence-electron chi connectivity index (χ0n) is 12.4. The lowest BCUT2D eigenvalue weighted by atomic mass is 9.92. The molecule has 2 rings (SSSR count).